The van der Waals surface area contributed by atoms with Crippen molar-refractivity contribution in [2.45, 2.75) is 33.1 Å². The van der Waals surface area contributed by atoms with Gasteiger partial charge in [-0.1, -0.05) is 26.0 Å². The maximum absolute atomic E-state index is 12.3. The predicted molar refractivity (Wildman–Crippen MR) is 92.1 cm³/mol. The van der Waals surface area contributed by atoms with Crippen molar-refractivity contribution in [1.29, 1.82) is 0 Å². The molecule has 5 heteroatoms. The minimum Gasteiger partial charge on any atom is -0.483 e. The van der Waals surface area contributed by atoms with E-state index in [0.29, 0.717) is 5.92 Å². The number of amides is 1. The quantitative estimate of drug-likeness (QED) is 0.925. The van der Waals surface area contributed by atoms with Gasteiger partial charge in [-0.05, 0) is 43.0 Å². The number of benzene rings is 1. The highest BCUT2D eigenvalue weighted by Crippen LogP contribution is 2.27. The molecule has 0 spiro atoms. The lowest BCUT2D eigenvalue weighted by Crippen LogP contribution is -2.37. The van der Waals surface area contributed by atoms with Gasteiger partial charge in [-0.15, -0.1) is 12.4 Å². The van der Waals surface area contributed by atoms with E-state index in [1.54, 1.807) is 0 Å². The van der Waals surface area contributed by atoms with Crippen LogP contribution in [0.15, 0.2) is 18.2 Å². The number of carbonyl (C=O) groups excluding carboxylic acids is 1. The van der Waals surface area contributed by atoms with Gasteiger partial charge in [0.25, 0.3) is 5.91 Å². The molecule has 1 aromatic carbocycles. The Labute approximate surface area is 139 Å². The summed E-state index contributed by atoms with van der Waals surface area (Å²) < 4.78 is 5.82. The van der Waals surface area contributed by atoms with Crippen LogP contribution in [0, 0.1) is 6.92 Å². The van der Waals surface area contributed by atoms with Gasteiger partial charge in [0.2, 0.25) is 0 Å². The highest BCUT2D eigenvalue weighted by atomic mass is 35.5. The Bertz CT molecular complexity index is 484. The van der Waals surface area contributed by atoms with Gasteiger partial charge in [-0.3, -0.25) is 4.79 Å². The molecule has 0 radical (unpaired) electrons. The Morgan fingerprint density at radius 1 is 1.32 bits per heavy atom. The summed E-state index contributed by atoms with van der Waals surface area (Å²) in [4.78, 5) is 14.2. The predicted octanol–water partition coefficient (Wildman–Crippen LogP) is 2.74. The van der Waals surface area contributed by atoms with Crippen molar-refractivity contribution in [2.75, 3.05) is 32.8 Å². The first-order valence-electron chi connectivity index (χ1n) is 7.80. The topological polar surface area (TPSA) is 41.6 Å². The van der Waals surface area contributed by atoms with Gasteiger partial charge in [0.15, 0.2) is 6.61 Å². The van der Waals surface area contributed by atoms with E-state index >= 15 is 0 Å². The first kappa shape index (κ1) is 18.8. The van der Waals surface area contributed by atoms with Crippen molar-refractivity contribution in [1.82, 2.24) is 10.2 Å². The molecule has 1 aromatic rings. The molecular weight excluding hydrogens is 300 g/mol. The smallest absolute Gasteiger partial charge is 0.260 e. The second kappa shape index (κ2) is 9.01. The van der Waals surface area contributed by atoms with Gasteiger partial charge in [0.05, 0.1) is 0 Å². The summed E-state index contributed by atoms with van der Waals surface area (Å²) in [5.41, 5.74) is 2.31. The van der Waals surface area contributed by atoms with Crippen LogP contribution in [0.3, 0.4) is 0 Å². The molecule has 1 heterocycles. The fourth-order valence-electron chi connectivity index (χ4n) is 2.57. The number of nitrogens with one attached hydrogen (secondary N) is 1. The van der Waals surface area contributed by atoms with Gasteiger partial charge in [-0.25, -0.2) is 0 Å². The SMILES string of the molecule is Cc1ccc(C(C)C)c(OCC(=O)N2CCCNCC2)c1.Cl. The van der Waals surface area contributed by atoms with Crippen molar-refractivity contribution in [3.05, 3.63) is 29.3 Å². The lowest BCUT2D eigenvalue weighted by molar-refractivity contribution is -0.133. The molecule has 0 bridgehead atoms. The summed E-state index contributed by atoms with van der Waals surface area (Å²) in [5.74, 6) is 1.30. The number of ether oxygens (including phenoxy) is 1. The average molecular weight is 327 g/mol. The second-order valence-electron chi connectivity index (χ2n) is 5.97. The summed E-state index contributed by atoms with van der Waals surface area (Å²) in [6, 6.07) is 6.20. The molecule has 4 nitrogen and oxygen atoms in total. The number of rotatable bonds is 4. The molecule has 0 atom stereocenters. The average Bonchev–Trinajstić information content (AvgIpc) is 2.73. The third-order valence-electron chi connectivity index (χ3n) is 3.84. The molecule has 0 aromatic heterocycles. The number of halogens is 1. The second-order valence-corrected chi connectivity index (χ2v) is 5.97. The largest absolute Gasteiger partial charge is 0.483 e. The number of carbonyl (C=O) groups is 1. The lowest BCUT2D eigenvalue weighted by atomic mass is 10.0. The molecule has 0 unspecified atom stereocenters. The van der Waals surface area contributed by atoms with Crippen molar-refractivity contribution in [2.24, 2.45) is 0 Å². The van der Waals surface area contributed by atoms with Gasteiger partial charge < -0.3 is 15.0 Å². The Kier molecular flexibility index (Phi) is 7.69. The van der Waals surface area contributed by atoms with Gasteiger partial charge in [0.1, 0.15) is 5.75 Å². The maximum Gasteiger partial charge on any atom is 0.260 e. The number of nitrogens with zero attached hydrogens (tertiary/aromatic N) is 1. The minimum atomic E-state index is 0. The van der Waals surface area contributed by atoms with Crippen molar-refractivity contribution < 1.29 is 9.53 Å². The fourth-order valence-corrected chi connectivity index (χ4v) is 2.57. The van der Waals surface area contributed by atoms with E-state index in [4.69, 9.17) is 4.74 Å². The number of hydrogen-bond donors (Lipinski definition) is 1. The molecule has 1 amide bonds. The van der Waals surface area contributed by atoms with E-state index < -0.39 is 0 Å². The van der Waals surface area contributed by atoms with Crippen LogP contribution in [0.5, 0.6) is 5.75 Å². The third kappa shape index (κ3) is 5.18. The highest BCUT2D eigenvalue weighted by Gasteiger charge is 2.17. The molecule has 1 saturated heterocycles. The van der Waals surface area contributed by atoms with Gasteiger partial charge in [-0.2, -0.15) is 0 Å². The number of hydrogen-bond acceptors (Lipinski definition) is 3. The van der Waals surface area contributed by atoms with Crippen LogP contribution in [0.2, 0.25) is 0 Å². The molecule has 0 saturated carbocycles. The zero-order valence-corrected chi connectivity index (χ0v) is 14.5. The number of aryl methyl sites for hydroxylation is 1. The monoisotopic (exact) mass is 326 g/mol. The summed E-state index contributed by atoms with van der Waals surface area (Å²) in [7, 11) is 0. The lowest BCUT2D eigenvalue weighted by Gasteiger charge is -2.21. The van der Waals surface area contributed by atoms with Crippen molar-refractivity contribution >= 4 is 18.3 Å². The maximum atomic E-state index is 12.3. The zero-order valence-electron chi connectivity index (χ0n) is 13.7. The van der Waals surface area contributed by atoms with Crippen LogP contribution in [-0.2, 0) is 4.79 Å². The Balaban J connectivity index is 0.00000242. The Hall–Kier alpha value is -1.26. The van der Waals surface area contributed by atoms with Crippen LogP contribution >= 0.6 is 12.4 Å². The summed E-state index contributed by atoms with van der Waals surface area (Å²) in [6.07, 6.45) is 1.01. The van der Waals surface area contributed by atoms with Gasteiger partial charge in [0, 0.05) is 19.6 Å². The Morgan fingerprint density at radius 3 is 2.82 bits per heavy atom. The van der Waals surface area contributed by atoms with Crippen molar-refractivity contribution in [3.63, 3.8) is 0 Å². The van der Waals surface area contributed by atoms with Crippen LogP contribution in [0.1, 0.15) is 37.3 Å². The van der Waals surface area contributed by atoms with Crippen molar-refractivity contribution in [3.8, 4) is 5.75 Å². The molecule has 1 N–H and O–H groups in total. The van der Waals surface area contributed by atoms with Crippen LogP contribution in [-0.4, -0.2) is 43.6 Å². The fraction of sp³-hybridized carbons (Fsp3) is 0.588. The third-order valence-corrected chi connectivity index (χ3v) is 3.84. The van der Waals surface area contributed by atoms with E-state index in [0.717, 1.165) is 49.5 Å². The Morgan fingerprint density at radius 2 is 2.09 bits per heavy atom. The van der Waals surface area contributed by atoms with Crippen LogP contribution < -0.4 is 10.1 Å². The molecule has 0 aliphatic carbocycles. The standard InChI is InChI=1S/C17H26N2O2.ClH/c1-13(2)15-6-5-14(3)11-16(15)21-12-17(20)19-9-4-7-18-8-10-19;/h5-6,11,13,18H,4,7-10,12H2,1-3H3;1H. The molecule has 22 heavy (non-hydrogen) atoms. The summed E-state index contributed by atoms with van der Waals surface area (Å²) >= 11 is 0. The molecule has 1 aliphatic rings. The minimum absolute atomic E-state index is 0. The first-order valence-corrected chi connectivity index (χ1v) is 7.80. The van der Waals surface area contributed by atoms with Gasteiger partial charge >= 0.3 is 0 Å². The molecule has 1 aliphatic heterocycles. The van der Waals surface area contributed by atoms with Crippen LogP contribution in [0.4, 0.5) is 0 Å². The van der Waals surface area contributed by atoms with Crippen LogP contribution in [0.25, 0.3) is 0 Å². The summed E-state index contributed by atoms with van der Waals surface area (Å²) in [6.45, 7) is 9.89. The van der Waals surface area contributed by atoms with E-state index in [2.05, 4.69) is 31.3 Å². The molecular formula is C17H27ClN2O2. The first-order chi connectivity index (χ1) is 10.1. The van der Waals surface area contributed by atoms with E-state index in [1.807, 2.05) is 17.9 Å². The highest BCUT2D eigenvalue weighted by molar-refractivity contribution is 5.85. The normalized spacial score (nSPS) is 15.2. The van der Waals surface area contributed by atoms with E-state index in [1.165, 1.54) is 0 Å². The van der Waals surface area contributed by atoms with E-state index in [9.17, 15) is 4.79 Å². The molecule has 124 valence electrons. The van der Waals surface area contributed by atoms with E-state index in [-0.39, 0.29) is 24.9 Å². The zero-order chi connectivity index (χ0) is 15.2. The molecule has 2 rings (SSSR count). The summed E-state index contributed by atoms with van der Waals surface area (Å²) in [5, 5.41) is 3.30. The molecule has 1 fully saturated rings.